The highest BCUT2D eigenvalue weighted by Gasteiger charge is 2.12. The second-order valence-corrected chi connectivity index (χ2v) is 7.32. The highest BCUT2D eigenvalue weighted by atomic mass is 32.1. The summed E-state index contributed by atoms with van der Waals surface area (Å²) in [7, 11) is 0. The molecule has 0 saturated heterocycles. The van der Waals surface area contributed by atoms with Gasteiger partial charge in [-0.15, -0.1) is 0 Å². The fourth-order valence-corrected chi connectivity index (χ4v) is 3.25. The zero-order valence-electron chi connectivity index (χ0n) is 16.7. The molecule has 1 atom stereocenters. The van der Waals surface area contributed by atoms with Crippen molar-refractivity contribution in [1.82, 2.24) is 20.1 Å². The monoisotopic (exact) mass is 410 g/mol. The summed E-state index contributed by atoms with van der Waals surface area (Å²) >= 11 is 5.30. The van der Waals surface area contributed by atoms with Gasteiger partial charge in [0.05, 0.1) is 6.10 Å². The third kappa shape index (κ3) is 5.85. The van der Waals surface area contributed by atoms with Crippen LogP contribution in [0.1, 0.15) is 30.6 Å². The normalized spacial score (nSPS) is 11.9. The highest BCUT2D eigenvalue weighted by Crippen LogP contribution is 2.18. The molecule has 2 N–H and O–H groups in total. The average Bonchev–Trinajstić information content (AvgIpc) is 3.08. The molecule has 7 heteroatoms. The van der Waals surface area contributed by atoms with Crippen LogP contribution in [0, 0.1) is 11.7 Å². The first kappa shape index (κ1) is 21.0. The minimum atomic E-state index is -0.104. The van der Waals surface area contributed by atoms with Gasteiger partial charge in [0.15, 0.2) is 10.6 Å². The van der Waals surface area contributed by atoms with Gasteiger partial charge in [-0.25, -0.2) is 0 Å². The number of H-pyrrole nitrogens is 1. The van der Waals surface area contributed by atoms with Crippen molar-refractivity contribution in [2.75, 3.05) is 13.2 Å². The number of nitrogens with zero attached hydrogens (tertiary/aromatic N) is 2. The number of benzene rings is 2. The van der Waals surface area contributed by atoms with Crippen LogP contribution in [0.15, 0.2) is 54.6 Å². The minimum Gasteiger partial charge on any atom is -0.374 e. The predicted octanol–water partition coefficient (Wildman–Crippen LogP) is 4.20. The zero-order valence-corrected chi connectivity index (χ0v) is 17.5. The van der Waals surface area contributed by atoms with Gasteiger partial charge >= 0.3 is 0 Å². The Bertz CT molecular complexity index is 997. The zero-order chi connectivity index (χ0) is 20.6. The number of aryl methyl sites for hydroxylation is 1. The molecule has 6 nitrogen and oxygen atoms in total. The van der Waals surface area contributed by atoms with Crippen molar-refractivity contribution in [1.29, 1.82) is 0 Å². The van der Waals surface area contributed by atoms with Crippen molar-refractivity contribution < 1.29 is 9.53 Å². The van der Waals surface area contributed by atoms with E-state index < -0.39 is 0 Å². The van der Waals surface area contributed by atoms with Crippen LogP contribution < -0.4 is 5.32 Å². The molecule has 0 bridgehead atoms. The molecule has 1 unspecified atom stereocenters. The Kier molecular flexibility index (Phi) is 7.32. The van der Waals surface area contributed by atoms with Crippen molar-refractivity contribution in [2.24, 2.45) is 0 Å². The van der Waals surface area contributed by atoms with Crippen LogP contribution in [-0.2, 0) is 16.1 Å². The third-order valence-corrected chi connectivity index (χ3v) is 4.93. The number of carbonyl (C=O) groups is 1. The molecule has 152 valence electrons. The number of hydrogen-bond donors (Lipinski definition) is 2. The standard InChI is InChI=1S/C22H26N4O2S/c1-16-8-6-11-19(14-16)21-24-25-22(29)26(21)15-20(27)23-12-7-13-28-17(2)18-9-4-3-5-10-18/h3-6,8-11,14,17H,7,12-13,15H2,1-2H3,(H,23,27)(H,25,29). The van der Waals surface area contributed by atoms with E-state index in [0.29, 0.717) is 23.7 Å². The van der Waals surface area contributed by atoms with E-state index >= 15 is 0 Å². The first-order valence-corrected chi connectivity index (χ1v) is 10.1. The Balaban J connectivity index is 1.47. The molecule has 0 aliphatic rings. The van der Waals surface area contributed by atoms with E-state index in [0.717, 1.165) is 23.1 Å². The number of carbonyl (C=O) groups excluding carboxylic acids is 1. The van der Waals surface area contributed by atoms with Crippen LogP contribution in [0.2, 0.25) is 0 Å². The summed E-state index contributed by atoms with van der Waals surface area (Å²) < 4.78 is 7.98. The molecule has 1 amide bonds. The number of hydrogen-bond acceptors (Lipinski definition) is 4. The molecule has 0 aliphatic carbocycles. The Labute approximate surface area is 175 Å². The second-order valence-electron chi connectivity index (χ2n) is 6.94. The summed E-state index contributed by atoms with van der Waals surface area (Å²) in [6.45, 7) is 5.30. The van der Waals surface area contributed by atoms with Crippen LogP contribution in [0.4, 0.5) is 0 Å². The van der Waals surface area contributed by atoms with Gasteiger partial charge in [0.2, 0.25) is 5.91 Å². The molecular formula is C22H26N4O2S. The van der Waals surface area contributed by atoms with E-state index in [-0.39, 0.29) is 18.6 Å². The van der Waals surface area contributed by atoms with Gasteiger partial charge in [-0.05, 0) is 44.1 Å². The number of ether oxygens (including phenoxy) is 1. The van der Waals surface area contributed by atoms with E-state index in [1.54, 1.807) is 4.57 Å². The second kappa shape index (κ2) is 10.1. The maximum atomic E-state index is 12.4. The summed E-state index contributed by atoms with van der Waals surface area (Å²) in [6, 6.07) is 18.0. The quantitative estimate of drug-likeness (QED) is 0.410. The van der Waals surface area contributed by atoms with E-state index in [1.807, 2.05) is 68.4 Å². The Morgan fingerprint density at radius 2 is 2.03 bits per heavy atom. The molecule has 0 spiro atoms. The largest absolute Gasteiger partial charge is 0.374 e. The topological polar surface area (TPSA) is 71.9 Å². The lowest BCUT2D eigenvalue weighted by molar-refractivity contribution is -0.121. The summed E-state index contributed by atoms with van der Waals surface area (Å²) in [4.78, 5) is 12.4. The molecule has 3 aromatic rings. The molecule has 1 heterocycles. The maximum Gasteiger partial charge on any atom is 0.240 e. The number of rotatable bonds is 9. The Hall–Kier alpha value is -2.77. The molecule has 0 aliphatic heterocycles. The highest BCUT2D eigenvalue weighted by molar-refractivity contribution is 7.71. The molecule has 1 aromatic heterocycles. The minimum absolute atomic E-state index is 0.0352. The molecule has 2 aromatic carbocycles. The first-order valence-electron chi connectivity index (χ1n) is 9.70. The fraction of sp³-hybridized carbons (Fsp3) is 0.318. The van der Waals surface area contributed by atoms with Crippen molar-refractivity contribution in [3.05, 3.63) is 70.5 Å². The van der Waals surface area contributed by atoms with Crippen LogP contribution >= 0.6 is 12.2 Å². The van der Waals surface area contributed by atoms with E-state index in [1.165, 1.54) is 0 Å². The van der Waals surface area contributed by atoms with E-state index in [2.05, 4.69) is 15.5 Å². The maximum absolute atomic E-state index is 12.4. The van der Waals surface area contributed by atoms with Gasteiger partial charge in [0.1, 0.15) is 6.54 Å². The van der Waals surface area contributed by atoms with Crippen LogP contribution in [0.3, 0.4) is 0 Å². The first-order chi connectivity index (χ1) is 14.0. The van der Waals surface area contributed by atoms with E-state index in [9.17, 15) is 4.79 Å². The van der Waals surface area contributed by atoms with Crippen molar-refractivity contribution in [2.45, 2.75) is 32.9 Å². The number of aromatic amines is 1. The summed E-state index contributed by atoms with van der Waals surface area (Å²) in [5, 5.41) is 9.99. The predicted molar refractivity (Wildman–Crippen MR) is 116 cm³/mol. The van der Waals surface area contributed by atoms with Crippen molar-refractivity contribution >= 4 is 18.1 Å². The van der Waals surface area contributed by atoms with Gasteiger partial charge in [-0.3, -0.25) is 14.5 Å². The third-order valence-electron chi connectivity index (χ3n) is 4.62. The summed E-state index contributed by atoms with van der Waals surface area (Å²) in [5.41, 5.74) is 3.19. The molecule has 0 radical (unpaired) electrons. The van der Waals surface area contributed by atoms with Crippen LogP contribution in [0.5, 0.6) is 0 Å². The molecule has 0 fully saturated rings. The smallest absolute Gasteiger partial charge is 0.240 e. The molecule has 29 heavy (non-hydrogen) atoms. The van der Waals surface area contributed by atoms with Crippen molar-refractivity contribution in [3.8, 4) is 11.4 Å². The molecule has 0 saturated carbocycles. The lowest BCUT2D eigenvalue weighted by Gasteiger charge is -2.13. The lowest BCUT2D eigenvalue weighted by Crippen LogP contribution is -2.29. The van der Waals surface area contributed by atoms with Gasteiger partial charge < -0.3 is 10.1 Å². The van der Waals surface area contributed by atoms with E-state index in [4.69, 9.17) is 17.0 Å². The van der Waals surface area contributed by atoms with Crippen LogP contribution in [-0.4, -0.2) is 33.8 Å². The lowest BCUT2D eigenvalue weighted by atomic mass is 10.1. The van der Waals surface area contributed by atoms with Gasteiger partial charge in [0.25, 0.3) is 0 Å². The summed E-state index contributed by atoms with van der Waals surface area (Å²) in [5.74, 6) is 0.557. The number of aromatic nitrogens is 3. The Morgan fingerprint density at radius 1 is 1.24 bits per heavy atom. The SMILES string of the molecule is Cc1cccc(-c2n[nH]c(=S)n2CC(=O)NCCCOC(C)c2ccccc2)c1. The van der Waals surface area contributed by atoms with Gasteiger partial charge in [-0.1, -0.05) is 54.1 Å². The number of nitrogens with one attached hydrogen (secondary N) is 2. The van der Waals surface area contributed by atoms with Crippen LogP contribution in [0.25, 0.3) is 11.4 Å². The van der Waals surface area contributed by atoms with Crippen molar-refractivity contribution in [3.63, 3.8) is 0 Å². The fourth-order valence-electron chi connectivity index (χ4n) is 3.05. The molecular weight excluding hydrogens is 384 g/mol. The van der Waals surface area contributed by atoms with Gasteiger partial charge in [0, 0.05) is 18.7 Å². The number of amides is 1. The average molecular weight is 411 g/mol. The Morgan fingerprint density at radius 3 is 2.79 bits per heavy atom. The molecule has 3 rings (SSSR count). The summed E-state index contributed by atoms with van der Waals surface area (Å²) in [6.07, 6.45) is 0.776. The van der Waals surface area contributed by atoms with Gasteiger partial charge in [-0.2, -0.15) is 5.10 Å².